The normalized spacial score (nSPS) is 16.8. The van der Waals surface area contributed by atoms with Crippen LogP contribution < -0.4 is 0 Å². The highest BCUT2D eigenvalue weighted by Gasteiger charge is 2.28. The first-order valence-electron chi connectivity index (χ1n) is 8.32. The van der Waals surface area contributed by atoms with Gasteiger partial charge in [-0.05, 0) is 54.3 Å². The molecule has 0 saturated carbocycles. The summed E-state index contributed by atoms with van der Waals surface area (Å²) in [5.41, 5.74) is 4.42. The van der Waals surface area contributed by atoms with E-state index in [1.165, 1.54) is 12.1 Å². The minimum atomic E-state index is -0.281. The van der Waals surface area contributed by atoms with Crippen LogP contribution in [0.1, 0.15) is 29.4 Å². The molecule has 0 spiro atoms. The quantitative estimate of drug-likeness (QED) is 0.534. The second-order valence-electron chi connectivity index (χ2n) is 6.65. The maximum atomic E-state index is 13.8. The molecule has 3 aromatic rings. The average Bonchev–Trinajstić information content (AvgIpc) is 2.95. The van der Waals surface area contributed by atoms with E-state index >= 15 is 0 Å². The number of hydrogen-bond acceptors (Lipinski definition) is 1. The van der Waals surface area contributed by atoms with Gasteiger partial charge in [0.05, 0.1) is 5.69 Å². The number of aromatic nitrogens is 1. The minimum absolute atomic E-state index is 0.169. The number of halogens is 2. The van der Waals surface area contributed by atoms with Crippen LogP contribution in [0.2, 0.25) is 0 Å². The predicted octanol–water partition coefficient (Wildman–Crippen LogP) is 5.81. The first kappa shape index (κ1) is 16.3. The van der Waals surface area contributed by atoms with Crippen LogP contribution in [-0.2, 0) is 6.42 Å². The monoisotopic (exact) mass is 397 g/mol. The molecule has 126 valence electrons. The second-order valence-corrected chi connectivity index (χ2v) is 7.56. The predicted molar refractivity (Wildman–Crippen MR) is 101 cm³/mol. The van der Waals surface area contributed by atoms with Crippen molar-refractivity contribution in [3.05, 3.63) is 76.1 Å². The highest BCUT2D eigenvalue weighted by atomic mass is 79.9. The average molecular weight is 398 g/mol. The lowest BCUT2D eigenvalue weighted by Crippen LogP contribution is -2.19. The van der Waals surface area contributed by atoms with Gasteiger partial charge in [-0.15, -0.1) is 0 Å². The topological polar surface area (TPSA) is 22.0 Å². The summed E-state index contributed by atoms with van der Waals surface area (Å²) in [6.45, 7) is 2.09. The fourth-order valence-corrected chi connectivity index (χ4v) is 3.83. The Kier molecular flexibility index (Phi) is 4.08. The molecular weight excluding hydrogens is 381 g/mol. The molecule has 0 radical (unpaired) electrons. The number of fused-ring (bicyclic) bond motifs is 1. The molecule has 1 aliphatic rings. The van der Waals surface area contributed by atoms with Crippen LogP contribution in [0, 0.1) is 11.7 Å². The van der Waals surface area contributed by atoms with Crippen molar-refractivity contribution in [2.45, 2.75) is 19.8 Å². The third-order valence-corrected chi connectivity index (χ3v) is 5.21. The summed E-state index contributed by atoms with van der Waals surface area (Å²) in [5.74, 6) is 0.180. The lowest BCUT2D eigenvalue weighted by Gasteiger charge is -2.21. The van der Waals surface area contributed by atoms with Crippen LogP contribution in [0.25, 0.3) is 16.9 Å². The van der Waals surface area contributed by atoms with Crippen molar-refractivity contribution >= 4 is 21.7 Å². The lowest BCUT2D eigenvalue weighted by molar-refractivity contribution is 0.0952. The molecule has 25 heavy (non-hydrogen) atoms. The van der Waals surface area contributed by atoms with Gasteiger partial charge in [0.15, 0.2) is 5.78 Å². The second kappa shape index (κ2) is 6.26. The van der Waals surface area contributed by atoms with E-state index in [1.54, 1.807) is 6.07 Å². The number of Topliss-reactive ketones (excluding diaryl/α,β-unsaturated/α-hetero) is 1. The van der Waals surface area contributed by atoms with Crippen molar-refractivity contribution in [2.75, 3.05) is 0 Å². The van der Waals surface area contributed by atoms with Gasteiger partial charge in [-0.25, -0.2) is 4.39 Å². The molecule has 4 heteroatoms. The first-order valence-corrected chi connectivity index (χ1v) is 9.12. The highest BCUT2D eigenvalue weighted by Crippen LogP contribution is 2.35. The van der Waals surface area contributed by atoms with E-state index < -0.39 is 0 Å². The molecular formula is C21H17BrFNO. The molecule has 0 bridgehead atoms. The number of nitrogens with zero attached hydrogens (tertiary/aromatic N) is 1. The van der Waals surface area contributed by atoms with E-state index in [4.69, 9.17) is 0 Å². The van der Waals surface area contributed by atoms with Crippen LogP contribution in [0.3, 0.4) is 0 Å². The smallest absolute Gasteiger partial charge is 0.164 e. The van der Waals surface area contributed by atoms with Gasteiger partial charge in [-0.2, -0.15) is 0 Å². The summed E-state index contributed by atoms with van der Waals surface area (Å²) >= 11 is 3.45. The molecule has 2 aromatic carbocycles. The van der Waals surface area contributed by atoms with Crippen LogP contribution in [0.4, 0.5) is 4.39 Å². The Balaban J connectivity index is 1.99. The van der Waals surface area contributed by atoms with Crippen molar-refractivity contribution in [1.82, 2.24) is 4.57 Å². The van der Waals surface area contributed by atoms with Crippen LogP contribution >= 0.6 is 15.9 Å². The van der Waals surface area contributed by atoms with Gasteiger partial charge < -0.3 is 4.57 Å². The Morgan fingerprint density at radius 1 is 1.08 bits per heavy atom. The summed E-state index contributed by atoms with van der Waals surface area (Å²) in [6, 6.07) is 16.5. The fourth-order valence-electron chi connectivity index (χ4n) is 3.56. The Morgan fingerprint density at radius 2 is 1.84 bits per heavy atom. The van der Waals surface area contributed by atoms with Crippen molar-refractivity contribution in [3.63, 3.8) is 0 Å². The van der Waals surface area contributed by atoms with Gasteiger partial charge in [0.1, 0.15) is 5.82 Å². The maximum Gasteiger partial charge on any atom is 0.164 e. The summed E-state index contributed by atoms with van der Waals surface area (Å²) in [4.78, 5) is 12.6. The Bertz CT molecular complexity index is 959. The van der Waals surface area contributed by atoms with Gasteiger partial charge >= 0.3 is 0 Å². The summed E-state index contributed by atoms with van der Waals surface area (Å²) in [6.07, 6.45) is 1.38. The largest absolute Gasteiger partial charge is 0.313 e. The van der Waals surface area contributed by atoms with E-state index in [2.05, 4.69) is 22.9 Å². The number of carbonyl (C=O) groups is 1. The molecule has 1 aliphatic carbocycles. The first-order chi connectivity index (χ1) is 12.0. The molecule has 1 atom stereocenters. The highest BCUT2D eigenvalue weighted by molar-refractivity contribution is 9.10. The fraction of sp³-hybridized carbons (Fsp3) is 0.190. The number of carbonyl (C=O) groups excluding carboxylic acids is 1. The third kappa shape index (κ3) is 2.95. The Hall–Kier alpha value is -2.20. The van der Waals surface area contributed by atoms with Crippen molar-refractivity contribution in [1.29, 1.82) is 0 Å². The Labute approximate surface area is 154 Å². The van der Waals surface area contributed by atoms with E-state index in [1.807, 2.05) is 41.0 Å². The zero-order valence-electron chi connectivity index (χ0n) is 13.8. The summed E-state index contributed by atoms with van der Waals surface area (Å²) in [5, 5.41) is 0. The SMILES string of the molecule is C[C@@H]1CC(=O)c2cc(-c3ccc(Br)cc3)n(-c3cccc(F)c3)c2C1. The van der Waals surface area contributed by atoms with Crippen molar-refractivity contribution in [3.8, 4) is 16.9 Å². The number of ketones is 1. The molecule has 0 N–H and O–H groups in total. The van der Waals surface area contributed by atoms with Gasteiger partial charge in [0.2, 0.25) is 0 Å². The standard InChI is InChI=1S/C21H17BrFNO/c1-13-9-20-18(21(25)10-13)12-19(14-5-7-15(22)8-6-14)24(20)17-4-2-3-16(23)11-17/h2-8,11-13H,9-10H2,1H3/t13-/m0/s1. The van der Waals surface area contributed by atoms with E-state index in [0.717, 1.165) is 39.1 Å². The molecule has 1 heterocycles. The van der Waals surface area contributed by atoms with Crippen LogP contribution in [-0.4, -0.2) is 10.4 Å². The molecule has 0 saturated heterocycles. The summed E-state index contributed by atoms with van der Waals surface area (Å²) < 4.78 is 16.9. The number of benzene rings is 2. The minimum Gasteiger partial charge on any atom is -0.313 e. The van der Waals surface area contributed by atoms with Gasteiger partial charge in [0.25, 0.3) is 0 Å². The van der Waals surface area contributed by atoms with E-state index in [0.29, 0.717) is 12.3 Å². The summed E-state index contributed by atoms with van der Waals surface area (Å²) in [7, 11) is 0. The number of hydrogen-bond donors (Lipinski definition) is 0. The molecule has 0 unspecified atom stereocenters. The molecule has 2 nitrogen and oxygen atoms in total. The van der Waals surface area contributed by atoms with Crippen LogP contribution in [0.15, 0.2) is 59.1 Å². The van der Waals surface area contributed by atoms with Gasteiger partial charge in [-0.3, -0.25) is 4.79 Å². The zero-order valence-corrected chi connectivity index (χ0v) is 15.4. The zero-order chi connectivity index (χ0) is 17.6. The molecule has 1 aromatic heterocycles. The number of rotatable bonds is 2. The van der Waals surface area contributed by atoms with Crippen molar-refractivity contribution < 1.29 is 9.18 Å². The molecule has 0 aliphatic heterocycles. The van der Waals surface area contributed by atoms with Gasteiger partial charge in [0, 0.05) is 27.8 Å². The van der Waals surface area contributed by atoms with Crippen molar-refractivity contribution in [2.24, 2.45) is 5.92 Å². The lowest BCUT2D eigenvalue weighted by atomic mass is 9.88. The molecule has 4 rings (SSSR count). The third-order valence-electron chi connectivity index (χ3n) is 4.69. The Morgan fingerprint density at radius 3 is 2.56 bits per heavy atom. The maximum absolute atomic E-state index is 13.8. The van der Waals surface area contributed by atoms with E-state index in [9.17, 15) is 9.18 Å². The molecule has 0 fully saturated rings. The van der Waals surface area contributed by atoms with Gasteiger partial charge in [-0.1, -0.05) is 41.1 Å². The van der Waals surface area contributed by atoms with E-state index in [-0.39, 0.29) is 11.6 Å². The molecule has 0 amide bonds. The van der Waals surface area contributed by atoms with Crippen LogP contribution in [0.5, 0.6) is 0 Å².